The maximum Gasteiger partial charge on any atom is 0.407 e. The Balaban J connectivity index is 1.70. The van der Waals surface area contributed by atoms with Crippen molar-refractivity contribution in [3.63, 3.8) is 0 Å². The number of carbonyl (C=O) groups excluding carboxylic acids is 1. The third kappa shape index (κ3) is 3.69. The van der Waals surface area contributed by atoms with E-state index >= 15 is 0 Å². The number of amides is 1. The van der Waals surface area contributed by atoms with Gasteiger partial charge in [-0.3, -0.25) is 0 Å². The van der Waals surface area contributed by atoms with Crippen LogP contribution in [0.1, 0.15) is 19.5 Å². The maximum absolute atomic E-state index is 13.9. The third-order valence-corrected chi connectivity index (χ3v) is 13.2. The topological polar surface area (TPSA) is 54.5 Å². The van der Waals surface area contributed by atoms with Gasteiger partial charge in [-0.1, -0.05) is 10.4 Å². The fraction of sp³-hybridized carbons (Fsp3) is 0.500. The number of nitrogens with one attached hydrogen (secondary N) is 1. The average molecular weight is 531 g/mol. The molecule has 0 unspecified atom stereocenters. The molecule has 39 heavy (non-hydrogen) atoms. The van der Waals surface area contributed by atoms with Crippen molar-refractivity contribution in [3.8, 4) is 10.6 Å². The first kappa shape index (κ1) is 30.7. The molecule has 3 aliphatic heterocycles. The van der Waals surface area contributed by atoms with E-state index in [0.29, 0.717) is 0 Å². The summed E-state index contributed by atoms with van der Waals surface area (Å²) in [6, 6.07) is 6.30. The van der Waals surface area contributed by atoms with Crippen LogP contribution in [0.15, 0.2) is 29.6 Å². The Morgan fingerprint density at radius 1 is 0.897 bits per heavy atom. The van der Waals surface area contributed by atoms with Crippen molar-refractivity contribution >= 4 is 112 Å². The van der Waals surface area contributed by atoms with Crippen LogP contribution in [-0.2, 0) is 10.3 Å². The van der Waals surface area contributed by atoms with Crippen molar-refractivity contribution in [1.29, 1.82) is 0 Å². The van der Waals surface area contributed by atoms with Gasteiger partial charge in [-0.25, -0.2) is 14.2 Å². The highest BCUT2D eigenvalue weighted by atomic mass is 32.1. The van der Waals surface area contributed by atoms with Gasteiger partial charge in [0.1, 0.15) is 65.7 Å². The van der Waals surface area contributed by atoms with Gasteiger partial charge in [0.15, 0.2) is 7.85 Å². The zero-order chi connectivity index (χ0) is 29.8. The van der Waals surface area contributed by atoms with Crippen molar-refractivity contribution in [2.75, 3.05) is 0 Å². The van der Waals surface area contributed by atoms with Gasteiger partial charge in [-0.15, -0.1) is 11.3 Å². The number of fused-ring (bicyclic) bond motifs is 3. The van der Waals surface area contributed by atoms with E-state index in [1.165, 1.54) is 23.5 Å². The van der Waals surface area contributed by atoms with Crippen LogP contribution in [0.25, 0.3) is 10.6 Å². The monoisotopic (exact) mass is 533 g/mol. The smallest absolute Gasteiger partial charge is 0.407 e. The first-order chi connectivity index (χ1) is 17.4. The number of hydrogen-bond donors (Lipinski definition) is 1. The van der Waals surface area contributed by atoms with Gasteiger partial charge in [0.05, 0.1) is 48.1 Å². The van der Waals surface area contributed by atoms with Gasteiger partial charge in [0.2, 0.25) is 0 Å². The maximum atomic E-state index is 13.9. The standard InChI is InChI=1S/C20H36B12FN3O2S/c1-13(2,10-7-39-11(34-10)8-3-5-9(33)6-4-8)35-12(37)38-17(26)14(21)15(22,23)18(27,28)36(20(17,31)32)19(29,30)16(14,24)25/h3-7H,21-32H2,1-2H3,(H,35,37)/t17-/m0/s1. The molecule has 5 nitrogen and oxygen atoms in total. The van der Waals surface area contributed by atoms with Crippen molar-refractivity contribution in [1.82, 2.24) is 15.2 Å². The Morgan fingerprint density at radius 3 is 1.87 bits per heavy atom. The summed E-state index contributed by atoms with van der Waals surface area (Å²) in [6.45, 7) is 3.87. The molecule has 1 N–H and O–H groups in total. The SMILES string of the molecule is BC1(B)N2C(B)(B)C(B)(B)C(B)(C1(B)B)[C@](B)(OC(=O)NC(C)(C)c1csc(-c3ccc(F)cc3)n1)C2(B)B. The highest BCUT2D eigenvalue weighted by Crippen LogP contribution is 2.80. The molecule has 1 atom stereocenters. The Hall–Kier alpha value is -1.21. The van der Waals surface area contributed by atoms with Crippen molar-refractivity contribution in [2.24, 2.45) is 0 Å². The summed E-state index contributed by atoms with van der Waals surface area (Å²) in [5.74, 6) is -0.281. The molecule has 2 aromatic rings. The van der Waals surface area contributed by atoms with Crippen molar-refractivity contribution < 1.29 is 13.9 Å². The van der Waals surface area contributed by atoms with Crippen LogP contribution < -0.4 is 5.32 Å². The lowest BCUT2D eigenvalue weighted by atomic mass is 9.01. The summed E-state index contributed by atoms with van der Waals surface area (Å²) >= 11 is 1.47. The van der Waals surface area contributed by atoms with Crippen LogP contribution in [-0.4, -0.2) is 132 Å². The van der Waals surface area contributed by atoms with E-state index in [-0.39, 0.29) is 26.9 Å². The second-order valence-corrected chi connectivity index (χ2v) is 16.0. The molecule has 0 saturated carbocycles. The number of hydrogen-bond acceptors (Lipinski definition) is 5. The van der Waals surface area contributed by atoms with Crippen LogP contribution in [0.2, 0.25) is 15.7 Å². The number of carbonyl (C=O) groups is 1. The number of halogens is 1. The molecular weight excluding hydrogens is 495 g/mol. The molecule has 2 bridgehead atoms. The fourth-order valence-corrected chi connectivity index (χ4v) is 9.71. The Kier molecular flexibility index (Phi) is 6.82. The van der Waals surface area contributed by atoms with Gasteiger partial charge in [0.25, 0.3) is 0 Å². The minimum atomic E-state index is -0.820. The highest BCUT2D eigenvalue weighted by Gasteiger charge is 2.82. The molecule has 3 aliphatic rings. The summed E-state index contributed by atoms with van der Waals surface area (Å²) in [5.41, 5.74) is -0.0175. The lowest BCUT2D eigenvalue weighted by molar-refractivity contribution is -0.139. The summed E-state index contributed by atoms with van der Waals surface area (Å²) in [7, 11) is 27.6. The van der Waals surface area contributed by atoms with Crippen LogP contribution >= 0.6 is 11.3 Å². The zero-order valence-electron chi connectivity index (χ0n) is 26.4. The van der Waals surface area contributed by atoms with Crippen LogP contribution in [0.3, 0.4) is 0 Å². The minimum Gasteiger partial charge on any atom is -0.453 e. The number of piperidine rings is 3. The number of aromatic nitrogens is 1. The summed E-state index contributed by atoms with van der Waals surface area (Å²) in [4.78, 5) is 21.3. The molecule has 0 radical (unpaired) electrons. The zero-order valence-corrected chi connectivity index (χ0v) is 27.2. The van der Waals surface area contributed by atoms with E-state index in [2.05, 4.69) is 104 Å². The van der Waals surface area contributed by atoms with Crippen LogP contribution in [0.4, 0.5) is 9.18 Å². The van der Waals surface area contributed by atoms with E-state index in [4.69, 9.17) is 9.72 Å². The molecule has 3 saturated heterocycles. The van der Waals surface area contributed by atoms with Gasteiger partial charge in [-0.2, -0.15) is 0 Å². The quantitative estimate of drug-likeness (QED) is 0.399. The molecule has 0 aliphatic carbocycles. The van der Waals surface area contributed by atoms with Crippen LogP contribution in [0, 0.1) is 5.82 Å². The first-order valence-electron chi connectivity index (χ1n) is 14.0. The summed E-state index contributed by atoms with van der Waals surface area (Å²) in [5, 5.41) is 4.30. The molecule has 1 aromatic heterocycles. The Morgan fingerprint density at radius 2 is 1.38 bits per heavy atom. The first-order valence-corrected chi connectivity index (χ1v) is 14.8. The lowest BCUT2D eigenvalue weighted by Gasteiger charge is -2.90. The molecule has 192 valence electrons. The van der Waals surface area contributed by atoms with Gasteiger partial charge < -0.3 is 15.0 Å². The Labute approximate surface area is 248 Å². The highest BCUT2D eigenvalue weighted by molar-refractivity contribution is 7.13. The third-order valence-electron chi connectivity index (χ3n) is 12.3. The lowest BCUT2D eigenvalue weighted by Crippen LogP contribution is -2.97. The second-order valence-electron chi connectivity index (χ2n) is 15.1. The molecule has 1 amide bonds. The molecule has 19 heteroatoms. The van der Waals surface area contributed by atoms with Gasteiger partial charge >= 0.3 is 6.09 Å². The molecule has 3 fully saturated rings. The summed E-state index contributed by atoms with van der Waals surface area (Å²) in [6.07, 6.45) is -0.455. The van der Waals surface area contributed by atoms with E-state index in [0.717, 1.165) is 16.3 Å². The number of benzene rings is 1. The minimum absolute atomic E-state index is 0.153. The second kappa shape index (κ2) is 8.65. The predicted molar refractivity (Wildman–Crippen MR) is 194 cm³/mol. The number of ether oxygens (including phenoxy) is 1. The summed E-state index contributed by atoms with van der Waals surface area (Å²) < 4.78 is 20.1. The van der Waals surface area contributed by atoms with E-state index in [9.17, 15) is 9.18 Å². The molecule has 0 spiro atoms. The molecule has 1 aromatic carbocycles. The van der Waals surface area contributed by atoms with Crippen molar-refractivity contribution in [3.05, 3.63) is 41.2 Å². The van der Waals surface area contributed by atoms with Crippen molar-refractivity contribution in [2.45, 2.75) is 56.6 Å². The molecular formula is C20H36B12FN3O2S. The number of thiazole rings is 1. The fourth-order valence-electron chi connectivity index (χ4n) is 8.72. The van der Waals surface area contributed by atoms with E-state index < -0.39 is 27.8 Å². The number of rotatable bonds is 4. The normalized spacial score (nSPS) is 31.2. The predicted octanol–water partition coefficient (Wildman–Crippen LogP) is -8.11. The largest absolute Gasteiger partial charge is 0.453 e. The number of alkyl carbamates (subject to hydrolysis) is 1. The van der Waals surface area contributed by atoms with E-state index in [1.54, 1.807) is 12.1 Å². The average Bonchev–Trinajstić information content (AvgIpc) is 3.27. The van der Waals surface area contributed by atoms with Gasteiger partial charge in [-0.05, 0) is 59.4 Å². The Bertz CT molecular complexity index is 1290. The van der Waals surface area contributed by atoms with E-state index in [1.807, 2.05) is 19.2 Å². The molecule has 5 rings (SSSR count). The van der Waals surface area contributed by atoms with Gasteiger partial charge in [0, 0.05) is 10.9 Å². The number of nitrogens with zero attached hydrogens (tertiary/aromatic N) is 2. The molecule has 4 heterocycles. The van der Waals surface area contributed by atoms with Crippen LogP contribution in [0.5, 0.6) is 0 Å².